The van der Waals surface area contributed by atoms with Gasteiger partial charge in [0.1, 0.15) is 12.7 Å². The summed E-state index contributed by atoms with van der Waals surface area (Å²) in [6.45, 7) is -0.441. The number of alkyl halides is 4. The average molecular weight is 608 g/mol. The summed E-state index contributed by atoms with van der Waals surface area (Å²) < 4.78 is 72.2. The van der Waals surface area contributed by atoms with Crippen molar-refractivity contribution in [3.05, 3.63) is 52.0 Å². The first-order chi connectivity index (χ1) is 20.2. The average Bonchev–Trinajstić information content (AvgIpc) is 3.30. The molecule has 1 saturated heterocycles. The molecular formula is C28H29F4N5O4S. The van der Waals surface area contributed by atoms with E-state index in [0.717, 1.165) is 22.3 Å². The fourth-order valence-corrected chi connectivity index (χ4v) is 6.46. The van der Waals surface area contributed by atoms with Gasteiger partial charge in [-0.1, -0.05) is 11.2 Å². The molecule has 2 N–H and O–H groups in total. The van der Waals surface area contributed by atoms with Crippen LogP contribution < -0.4 is 10.6 Å². The number of ether oxygens (including phenoxy) is 2. The van der Waals surface area contributed by atoms with E-state index in [0.29, 0.717) is 36.3 Å². The number of halogens is 4. The highest BCUT2D eigenvalue weighted by molar-refractivity contribution is 7.10. The maximum atomic E-state index is 14.4. The van der Waals surface area contributed by atoms with E-state index in [1.54, 1.807) is 30.7 Å². The second-order valence-corrected chi connectivity index (χ2v) is 11.6. The highest BCUT2D eigenvalue weighted by Crippen LogP contribution is 2.50. The summed E-state index contributed by atoms with van der Waals surface area (Å²) in [5, 5.41) is 12.0. The predicted octanol–water partition coefficient (Wildman–Crippen LogP) is 5.46. The molecule has 14 heteroatoms. The standard InChI is InChI=1S/C28H29F4N5O4S/c1-39-15-27(6-7-27)23-9-16(13-42-23)26(38)33-11-24-35-25(36-41-24)22-10-17-19(34-20-5-8-40-12-18(20)29)3-2-4-21(17)37(22)14-28(30,31)32/h2-4,9-10,13,18,20,34H,5-8,11-12,14-15H2,1H3,(H,33,38)/t18-,20+/m0/s1. The minimum atomic E-state index is -4.53. The Morgan fingerprint density at radius 1 is 1.29 bits per heavy atom. The van der Waals surface area contributed by atoms with E-state index in [2.05, 4.69) is 20.8 Å². The number of rotatable bonds is 10. The first kappa shape index (κ1) is 28.6. The normalized spacial score (nSPS) is 20.1. The van der Waals surface area contributed by atoms with Gasteiger partial charge in [0.2, 0.25) is 11.7 Å². The molecule has 1 aliphatic carbocycles. The van der Waals surface area contributed by atoms with Crippen LogP contribution >= 0.6 is 11.3 Å². The second-order valence-electron chi connectivity index (χ2n) is 10.7. The SMILES string of the molecule is COCC1(c2cc(C(=O)NCc3nc(-c4cc5c(N[C@@H]6CCOC[C@@H]6F)cccc5n4CC(F)(F)F)no3)cs2)CC1. The molecule has 0 unspecified atom stereocenters. The Labute approximate surface area is 242 Å². The van der Waals surface area contributed by atoms with Gasteiger partial charge < -0.3 is 29.2 Å². The van der Waals surface area contributed by atoms with Crippen molar-refractivity contribution in [2.45, 2.75) is 56.2 Å². The Hall–Kier alpha value is -3.49. The number of methoxy groups -OCH3 is 1. The van der Waals surface area contributed by atoms with Gasteiger partial charge in [0.15, 0.2) is 0 Å². The monoisotopic (exact) mass is 607 g/mol. The summed E-state index contributed by atoms with van der Waals surface area (Å²) in [5.74, 6) is -0.351. The van der Waals surface area contributed by atoms with Crippen molar-refractivity contribution >= 4 is 33.8 Å². The largest absolute Gasteiger partial charge is 0.406 e. The Balaban J connectivity index is 1.22. The molecule has 224 valence electrons. The molecule has 4 heterocycles. The number of nitrogens with zero attached hydrogens (tertiary/aromatic N) is 3. The van der Waals surface area contributed by atoms with Crippen LogP contribution in [-0.4, -0.2) is 65.9 Å². The summed E-state index contributed by atoms with van der Waals surface area (Å²) in [7, 11) is 1.66. The number of anilines is 1. The maximum absolute atomic E-state index is 14.4. The van der Waals surface area contributed by atoms with Crippen LogP contribution in [-0.2, 0) is 28.0 Å². The van der Waals surface area contributed by atoms with E-state index >= 15 is 0 Å². The van der Waals surface area contributed by atoms with Gasteiger partial charge in [0.25, 0.3) is 5.91 Å². The lowest BCUT2D eigenvalue weighted by Crippen LogP contribution is -2.39. The van der Waals surface area contributed by atoms with Gasteiger partial charge in [-0.3, -0.25) is 4.79 Å². The van der Waals surface area contributed by atoms with E-state index in [-0.39, 0.29) is 47.4 Å². The van der Waals surface area contributed by atoms with Crippen molar-refractivity contribution in [3.8, 4) is 11.5 Å². The first-order valence-electron chi connectivity index (χ1n) is 13.5. The van der Waals surface area contributed by atoms with Gasteiger partial charge in [0.05, 0.1) is 42.6 Å². The van der Waals surface area contributed by atoms with E-state index in [1.807, 2.05) is 6.07 Å². The van der Waals surface area contributed by atoms with Crippen molar-refractivity contribution in [1.82, 2.24) is 20.0 Å². The summed E-state index contributed by atoms with van der Waals surface area (Å²) >= 11 is 1.51. The molecule has 42 heavy (non-hydrogen) atoms. The molecule has 1 aromatic carbocycles. The van der Waals surface area contributed by atoms with Gasteiger partial charge in [-0.2, -0.15) is 18.2 Å². The summed E-state index contributed by atoms with van der Waals surface area (Å²) in [5.41, 5.74) is 1.35. The number of amides is 1. The number of hydrogen-bond donors (Lipinski definition) is 2. The van der Waals surface area contributed by atoms with Crippen molar-refractivity contribution < 1.29 is 36.4 Å². The molecule has 6 rings (SSSR count). The molecule has 2 aliphatic rings. The van der Waals surface area contributed by atoms with Crippen LogP contribution in [0, 0.1) is 0 Å². The molecule has 4 aromatic rings. The third-order valence-electron chi connectivity index (χ3n) is 7.67. The maximum Gasteiger partial charge on any atom is 0.406 e. The lowest BCUT2D eigenvalue weighted by molar-refractivity contribution is -0.139. The summed E-state index contributed by atoms with van der Waals surface area (Å²) in [6.07, 6.45) is -3.32. The highest BCUT2D eigenvalue weighted by Gasteiger charge is 2.45. The van der Waals surface area contributed by atoms with Crippen molar-refractivity contribution in [3.63, 3.8) is 0 Å². The molecule has 3 aromatic heterocycles. The molecule has 0 radical (unpaired) electrons. The van der Waals surface area contributed by atoms with Gasteiger partial charge >= 0.3 is 6.18 Å². The highest BCUT2D eigenvalue weighted by atomic mass is 32.1. The van der Waals surface area contributed by atoms with Gasteiger partial charge in [-0.15, -0.1) is 11.3 Å². The topological polar surface area (TPSA) is 103 Å². The quantitative estimate of drug-likeness (QED) is 0.231. The zero-order valence-corrected chi connectivity index (χ0v) is 23.5. The zero-order chi connectivity index (χ0) is 29.5. The van der Waals surface area contributed by atoms with Crippen LogP contribution in [0.25, 0.3) is 22.4 Å². The van der Waals surface area contributed by atoms with E-state index < -0.39 is 24.9 Å². The zero-order valence-electron chi connectivity index (χ0n) is 22.7. The molecule has 0 spiro atoms. The molecular weight excluding hydrogens is 578 g/mol. The number of carbonyl (C=O) groups is 1. The predicted molar refractivity (Wildman–Crippen MR) is 147 cm³/mol. The number of aromatic nitrogens is 3. The number of thiophene rings is 1. The van der Waals surface area contributed by atoms with Gasteiger partial charge in [-0.05, 0) is 43.5 Å². The molecule has 2 atom stereocenters. The van der Waals surface area contributed by atoms with Gasteiger partial charge in [0, 0.05) is 40.5 Å². The Bertz CT molecular complexity index is 1580. The van der Waals surface area contributed by atoms with Crippen LogP contribution in [0.2, 0.25) is 0 Å². The molecule has 0 bridgehead atoms. The number of benzene rings is 1. The lowest BCUT2D eigenvalue weighted by Gasteiger charge is -2.28. The second kappa shape index (κ2) is 11.3. The molecule has 1 amide bonds. The van der Waals surface area contributed by atoms with Crippen molar-refractivity contribution in [2.75, 3.05) is 32.2 Å². The minimum absolute atomic E-state index is 0.0119. The third-order valence-corrected chi connectivity index (χ3v) is 8.84. The van der Waals surface area contributed by atoms with Gasteiger partial charge in [-0.25, -0.2) is 4.39 Å². The number of carbonyl (C=O) groups excluding carboxylic acids is 1. The molecule has 1 saturated carbocycles. The number of nitrogens with one attached hydrogen (secondary N) is 2. The van der Waals surface area contributed by atoms with Crippen LogP contribution in [0.1, 0.15) is 40.4 Å². The van der Waals surface area contributed by atoms with Crippen LogP contribution in [0.5, 0.6) is 0 Å². The minimum Gasteiger partial charge on any atom is -0.384 e. The molecule has 2 fully saturated rings. The van der Waals surface area contributed by atoms with E-state index in [4.69, 9.17) is 14.0 Å². The van der Waals surface area contributed by atoms with E-state index in [9.17, 15) is 22.4 Å². The fourth-order valence-electron chi connectivity index (χ4n) is 5.32. The summed E-state index contributed by atoms with van der Waals surface area (Å²) in [6, 6.07) is 7.72. The third kappa shape index (κ3) is 5.88. The Kier molecular flexibility index (Phi) is 7.70. The summed E-state index contributed by atoms with van der Waals surface area (Å²) in [4.78, 5) is 18.1. The molecule has 1 aliphatic heterocycles. The Morgan fingerprint density at radius 3 is 2.86 bits per heavy atom. The number of hydrogen-bond acceptors (Lipinski definition) is 8. The van der Waals surface area contributed by atoms with Crippen molar-refractivity contribution in [2.24, 2.45) is 0 Å². The van der Waals surface area contributed by atoms with Crippen LogP contribution in [0.3, 0.4) is 0 Å². The van der Waals surface area contributed by atoms with Crippen LogP contribution in [0.4, 0.5) is 23.2 Å². The first-order valence-corrected chi connectivity index (χ1v) is 14.4. The van der Waals surface area contributed by atoms with E-state index in [1.165, 1.54) is 17.4 Å². The van der Waals surface area contributed by atoms with Crippen molar-refractivity contribution in [1.29, 1.82) is 0 Å². The smallest absolute Gasteiger partial charge is 0.384 e. The Morgan fingerprint density at radius 2 is 2.12 bits per heavy atom. The fraction of sp³-hybridized carbons (Fsp3) is 0.464. The molecule has 9 nitrogen and oxygen atoms in total. The van der Waals surface area contributed by atoms with Crippen LogP contribution in [0.15, 0.2) is 40.2 Å². The number of fused-ring (bicyclic) bond motifs is 1. The lowest BCUT2D eigenvalue weighted by atomic mass is 10.1.